The first-order valence-electron chi connectivity index (χ1n) is 5.32. The monoisotopic (exact) mass is 220 g/mol. The van der Waals surface area contributed by atoms with Gasteiger partial charge in [-0.2, -0.15) is 0 Å². The minimum absolute atomic E-state index is 0.231. The SMILES string of the molecule is CCC(CN)S(=O)(=O)N1CCCCC1. The zero-order valence-corrected chi connectivity index (χ0v) is 9.59. The zero-order valence-electron chi connectivity index (χ0n) is 8.78. The van der Waals surface area contributed by atoms with Gasteiger partial charge < -0.3 is 5.73 Å². The molecule has 1 unspecified atom stereocenters. The molecule has 14 heavy (non-hydrogen) atoms. The molecule has 84 valence electrons. The van der Waals surface area contributed by atoms with Crippen molar-refractivity contribution in [2.24, 2.45) is 5.73 Å². The third kappa shape index (κ3) is 2.46. The molecule has 1 heterocycles. The first-order chi connectivity index (χ1) is 6.62. The van der Waals surface area contributed by atoms with E-state index in [9.17, 15) is 8.42 Å². The Morgan fingerprint density at radius 1 is 1.29 bits per heavy atom. The smallest absolute Gasteiger partial charge is 0.218 e. The van der Waals surface area contributed by atoms with E-state index in [0.717, 1.165) is 19.3 Å². The van der Waals surface area contributed by atoms with Gasteiger partial charge in [-0.15, -0.1) is 0 Å². The highest BCUT2D eigenvalue weighted by atomic mass is 32.2. The number of sulfonamides is 1. The quantitative estimate of drug-likeness (QED) is 0.752. The molecule has 0 amide bonds. The van der Waals surface area contributed by atoms with Crippen LogP contribution in [0.3, 0.4) is 0 Å². The van der Waals surface area contributed by atoms with E-state index >= 15 is 0 Å². The summed E-state index contributed by atoms with van der Waals surface area (Å²) in [5.41, 5.74) is 5.47. The summed E-state index contributed by atoms with van der Waals surface area (Å²) in [6.07, 6.45) is 3.72. The predicted octanol–water partition coefficient (Wildman–Crippen LogP) is 0.539. The first-order valence-corrected chi connectivity index (χ1v) is 6.82. The highest BCUT2D eigenvalue weighted by Gasteiger charge is 2.30. The molecule has 1 saturated heterocycles. The van der Waals surface area contributed by atoms with Crippen molar-refractivity contribution in [1.82, 2.24) is 4.31 Å². The van der Waals surface area contributed by atoms with Crippen LogP contribution in [0.2, 0.25) is 0 Å². The molecule has 1 aliphatic heterocycles. The second-order valence-electron chi connectivity index (χ2n) is 3.77. The van der Waals surface area contributed by atoms with Gasteiger partial charge in [0.25, 0.3) is 0 Å². The normalized spacial score (nSPS) is 22.1. The Labute approximate surface area is 86.5 Å². The van der Waals surface area contributed by atoms with Crippen LogP contribution in [-0.2, 0) is 10.0 Å². The molecule has 1 rings (SSSR count). The Balaban J connectivity index is 2.71. The number of nitrogens with two attached hydrogens (primary N) is 1. The van der Waals surface area contributed by atoms with Gasteiger partial charge in [0.1, 0.15) is 0 Å². The minimum Gasteiger partial charge on any atom is -0.329 e. The lowest BCUT2D eigenvalue weighted by Crippen LogP contribution is -2.44. The van der Waals surface area contributed by atoms with Gasteiger partial charge >= 0.3 is 0 Å². The number of hydrogen-bond acceptors (Lipinski definition) is 3. The molecule has 1 aliphatic rings. The second kappa shape index (κ2) is 5.09. The van der Waals surface area contributed by atoms with E-state index in [-0.39, 0.29) is 11.8 Å². The summed E-state index contributed by atoms with van der Waals surface area (Å²) >= 11 is 0. The largest absolute Gasteiger partial charge is 0.329 e. The summed E-state index contributed by atoms with van der Waals surface area (Å²) in [6.45, 7) is 3.46. The van der Waals surface area contributed by atoms with Gasteiger partial charge in [-0.25, -0.2) is 12.7 Å². The van der Waals surface area contributed by atoms with Crippen molar-refractivity contribution in [3.05, 3.63) is 0 Å². The van der Waals surface area contributed by atoms with Gasteiger partial charge in [-0.3, -0.25) is 0 Å². The maximum absolute atomic E-state index is 12.0. The van der Waals surface area contributed by atoms with E-state index in [1.165, 1.54) is 0 Å². The summed E-state index contributed by atoms with van der Waals surface area (Å²) in [6, 6.07) is 0. The van der Waals surface area contributed by atoms with Gasteiger partial charge in [0, 0.05) is 19.6 Å². The Morgan fingerprint density at radius 3 is 2.29 bits per heavy atom. The second-order valence-corrected chi connectivity index (χ2v) is 5.98. The van der Waals surface area contributed by atoms with Crippen molar-refractivity contribution in [3.8, 4) is 0 Å². The van der Waals surface area contributed by atoms with Crippen LogP contribution in [0.5, 0.6) is 0 Å². The van der Waals surface area contributed by atoms with Crippen LogP contribution >= 0.6 is 0 Å². The van der Waals surface area contributed by atoms with E-state index < -0.39 is 10.0 Å². The van der Waals surface area contributed by atoms with Gasteiger partial charge in [0.2, 0.25) is 10.0 Å². The van der Waals surface area contributed by atoms with Gasteiger partial charge in [-0.05, 0) is 19.3 Å². The lowest BCUT2D eigenvalue weighted by atomic mass is 10.2. The van der Waals surface area contributed by atoms with Crippen LogP contribution in [0.1, 0.15) is 32.6 Å². The fourth-order valence-electron chi connectivity index (χ4n) is 1.83. The van der Waals surface area contributed by atoms with E-state index in [1.54, 1.807) is 4.31 Å². The third-order valence-corrected chi connectivity index (χ3v) is 5.27. The summed E-state index contributed by atoms with van der Waals surface area (Å²) in [5, 5.41) is -0.388. The van der Waals surface area contributed by atoms with E-state index in [0.29, 0.717) is 19.5 Å². The number of rotatable bonds is 4. The van der Waals surface area contributed by atoms with Crippen molar-refractivity contribution in [2.45, 2.75) is 37.9 Å². The number of piperidine rings is 1. The van der Waals surface area contributed by atoms with Crippen molar-refractivity contribution < 1.29 is 8.42 Å². The van der Waals surface area contributed by atoms with Crippen LogP contribution in [0.15, 0.2) is 0 Å². The molecular weight excluding hydrogens is 200 g/mol. The van der Waals surface area contributed by atoms with Crippen LogP contribution in [0, 0.1) is 0 Å². The summed E-state index contributed by atoms with van der Waals surface area (Å²) in [4.78, 5) is 0. The molecule has 1 atom stereocenters. The molecule has 0 aromatic heterocycles. The maximum atomic E-state index is 12.0. The average Bonchev–Trinajstić information content (AvgIpc) is 2.20. The van der Waals surface area contributed by atoms with Gasteiger partial charge in [0.05, 0.1) is 5.25 Å². The number of nitrogens with zero attached hydrogens (tertiary/aromatic N) is 1. The lowest BCUT2D eigenvalue weighted by molar-refractivity contribution is 0.341. The van der Waals surface area contributed by atoms with Crippen LogP contribution in [0.25, 0.3) is 0 Å². The standard InChI is InChI=1S/C9H20N2O2S/c1-2-9(8-10)14(12,13)11-6-4-3-5-7-11/h9H,2-8,10H2,1H3. The van der Waals surface area contributed by atoms with E-state index in [2.05, 4.69) is 0 Å². The molecule has 0 spiro atoms. The van der Waals surface area contributed by atoms with Crippen LogP contribution in [0.4, 0.5) is 0 Å². The molecule has 0 radical (unpaired) electrons. The molecule has 0 bridgehead atoms. The maximum Gasteiger partial charge on any atom is 0.218 e. The molecule has 4 nitrogen and oxygen atoms in total. The predicted molar refractivity (Wildman–Crippen MR) is 57.5 cm³/mol. The summed E-state index contributed by atoms with van der Waals surface area (Å²) < 4.78 is 25.6. The Kier molecular flexibility index (Phi) is 4.34. The van der Waals surface area contributed by atoms with Crippen molar-refractivity contribution >= 4 is 10.0 Å². The molecule has 5 heteroatoms. The molecule has 1 fully saturated rings. The minimum atomic E-state index is -3.12. The molecule has 2 N–H and O–H groups in total. The van der Waals surface area contributed by atoms with Crippen molar-refractivity contribution in [3.63, 3.8) is 0 Å². The van der Waals surface area contributed by atoms with Crippen LogP contribution < -0.4 is 5.73 Å². The van der Waals surface area contributed by atoms with E-state index in [4.69, 9.17) is 5.73 Å². The fourth-order valence-corrected chi connectivity index (χ4v) is 3.68. The molecular formula is C9H20N2O2S. The average molecular weight is 220 g/mol. The molecule has 0 aromatic carbocycles. The van der Waals surface area contributed by atoms with Gasteiger partial charge in [-0.1, -0.05) is 13.3 Å². The molecule has 0 aliphatic carbocycles. The van der Waals surface area contributed by atoms with Crippen LogP contribution in [-0.4, -0.2) is 37.6 Å². The highest BCUT2D eigenvalue weighted by molar-refractivity contribution is 7.89. The Bertz CT molecular complexity index is 254. The zero-order chi connectivity index (χ0) is 10.6. The summed E-state index contributed by atoms with van der Waals surface area (Å²) in [5.74, 6) is 0. The third-order valence-electron chi connectivity index (χ3n) is 2.81. The van der Waals surface area contributed by atoms with E-state index in [1.807, 2.05) is 6.92 Å². The Morgan fingerprint density at radius 2 is 1.86 bits per heavy atom. The first kappa shape index (κ1) is 11.9. The van der Waals surface area contributed by atoms with Crippen molar-refractivity contribution in [2.75, 3.05) is 19.6 Å². The summed E-state index contributed by atoms with van der Waals surface area (Å²) in [7, 11) is -3.12. The fraction of sp³-hybridized carbons (Fsp3) is 1.00. The molecule has 0 saturated carbocycles. The highest BCUT2D eigenvalue weighted by Crippen LogP contribution is 2.17. The van der Waals surface area contributed by atoms with Crippen molar-refractivity contribution in [1.29, 1.82) is 0 Å². The lowest BCUT2D eigenvalue weighted by Gasteiger charge is -2.29. The topological polar surface area (TPSA) is 63.4 Å². The Hall–Kier alpha value is -0.130. The number of hydrogen-bond donors (Lipinski definition) is 1. The van der Waals surface area contributed by atoms with Gasteiger partial charge in [0.15, 0.2) is 0 Å². The molecule has 0 aromatic rings.